The van der Waals surface area contributed by atoms with Gasteiger partial charge in [-0.25, -0.2) is 0 Å². The highest BCUT2D eigenvalue weighted by atomic mass is 16.3. The Labute approximate surface area is 59.2 Å². The molecule has 0 saturated carbocycles. The van der Waals surface area contributed by atoms with E-state index in [1.807, 2.05) is 0 Å². The van der Waals surface area contributed by atoms with Crippen molar-refractivity contribution in [3.8, 4) is 0 Å². The van der Waals surface area contributed by atoms with Crippen molar-refractivity contribution in [2.75, 3.05) is 13.2 Å². The van der Waals surface area contributed by atoms with E-state index in [0.717, 1.165) is 6.08 Å². The Bertz CT molecular complexity index is 124. The Hall–Kier alpha value is -0.870. The van der Waals surface area contributed by atoms with Crippen LogP contribution in [0, 0.1) is 0 Å². The summed E-state index contributed by atoms with van der Waals surface area (Å²) in [6, 6.07) is 0. The Morgan fingerprint density at radius 3 is 2.80 bits per heavy atom. The average Bonchev–Trinajstić information content (AvgIpc) is 1.99. The van der Waals surface area contributed by atoms with Gasteiger partial charge in [-0.05, 0) is 6.08 Å². The van der Waals surface area contributed by atoms with E-state index in [4.69, 9.17) is 10.2 Å². The van der Waals surface area contributed by atoms with Crippen LogP contribution in [0.1, 0.15) is 0 Å². The molecule has 0 heterocycles. The molecule has 10 heavy (non-hydrogen) atoms. The lowest BCUT2D eigenvalue weighted by atomic mass is 10.4. The molecule has 0 unspecified atom stereocenters. The number of carbonyl (C=O) groups excluding carboxylic acids is 1. The normalized spacial score (nSPS) is 12.2. The third kappa shape index (κ3) is 4.05. The zero-order chi connectivity index (χ0) is 7.98. The first-order valence-corrected chi connectivity index (χ1v) is 2.90. The Morgan fingerprint density at radius 2 is 2.40 bits per heavy atom. The van der Waals surface area contributed by atoms with Crippen molar-refractivity contribution in [3.05, 3.63) is 12.7 Å². The van der Waals surface area contributed by atoms with Crippen LogP contribution in [0.5, 0.6) is 0 Å². The minimum atomic E-state index is -0.885. The fourth-order valence-electron chi connectivity index (χ4n) is 0.355. The summed E-state index contributed by atoms with van der Waals surface area (Å²) in [6.07, 6.45) is 0.216. The largest absolute Gasteiger partial charge is 0.394 e. The fraction of sp³-hybridized carbons (Fsp3) is 0.500. The molecule has 0 spiro atoms. The van der Waals surface area contributed by atoms with E-state index in [9.17, 15) is 4.79 Å². The van der Waals surface area contributed by atoms with Crippen LogP contribution < -0.4 is 5.32 Å². The van der Waals surface area contributed by atoms with Crippen LogP contribution >= 0.6 is 0 Å². The topological polar surface area (TPSA) is 69.6 Å². The molecular weight excluding hydrogens is 134 g/mol. The first-order valence-electron chi connectivity index (χ1n) is 2.90. The second-order valence-electron chi connectivity index (χ2n) is 1.79. The third-order valence-electron chi connectivity index (χ3n) is 0.908. The summed E-state index contributed by atoms with van der Waals surface area (Å²) < 4.78 is 0. The van der Waals surface area contributed by atoms with E-state index in [1.54, 1.807) is 0 Å². The summed E-state index contributed by atoms with van der Waals surface area (Å²) in [5, 5.41) is 19.3. The number of aliphatic hydroxyl groups is 2. The molecule has 0 aliphatic carbocycles. The number of amides is 1. The van der Waals surface area contributed by atoms with Crippen molar-refractivity contribution in [2.45, 2.75) is 6.10 Å². The van der Waals surface area contributed by atoms with Crippen molar-refractivity contribution in [2.24, 2.45) is 0 Å². The second-order valence-corrected chi connectivity index (χ2v) is 1.79. The van der Waals surface area contributed by atoms with Crippen molar-refractivity contribution in [1.82, 2.24) is 5.32 Å². The number of carbonyl (C=O) groups is 1. The molecule has 0 aromatic rings. The molecule has 0 fully saturated rings. The second kappa shape index (κ2) is 4.96. The first-order chi connectivity index (χ1) is 4.70. The average molecular weight is 145 g/mol. The standard InChI is InChI=1S/C6H11NO3/c1-2-6(10)7-3-5(9)4-8/h2,5,8-9H,1,3-4H2,(H,7,10)/t5-/m0/s1. The molecule has 0 aliphatic heterocycles. The quantitative estimate of drug-likeness (QED) is 0.428. The van der Waals surface area contributed by atoms with Gasteiger partial charge >= 0.3 is 0 Å². The molecule has 0 saturated heterocycles. The zero-order valence-electron chi connectivity index (χ0n) is 5.58. The van der Waals surface area contributed by atoms with E-state index < -0.39 is 6.10 Å². The molecular formula is C6H11NO3. The number of hydrogen-bond donors (Lipinski definition) is 3. The number of hydrogen-bond acceptors (Lipinski definition) is 3. The molecule has 1 atom stereocenters. The highest BCUT2D eigenvalue weighted by Crippen LogP contribution is 1.76. The van der Waals surface area contributed by atoms with Crippen LogP contribution in [-0.2, 0) is 4.79 Å². The SMILES string of the molecule is C=CC(=O)NC[C@H](O)CO. The van der Waals surface area contributed by atoms with Gasteiger partial charge in [-0.15, -0.1) is 0 Å². The summed E-state index contributed by atoms with van der Waals surface area (Å²) in [7, 11) is 0. The van der Waals surface area contributed by atoms with Crippen molar-refractivity contribution >= 4 is 5.91 Å². The molecule has 3 N–H and O–H groups in total. The molecule has 58 valence electrons. The molecule has 4 heteroatoms. The smallest absolute Gasteiger partial charge is 0.243 e. The Morgan fingerprint density at radius 1 is 1.80 bits per heavy atom. The predicted molar refractivity (Wildman–Crippen MR) is 36.3 cm³/mol. The van der Waals surface area contributed by atoms with Crippen LogP contribution in [0.15, 0.2) is 12.7 Å². The van der Waals surface area contributed by atoms with Crippen molar-refractivity contribution in [1.29, 1.82) is 0 Å². The van der Waals surface area contributed by atoms with Crippen LogP contribution in [0.25, 0.3) is 0 Å². The van der Waals surface area contributed by atoms with E-state index >= 15 is 0 Å². The minimum Gasteiger partial charge on any atom is -0.394 e. The minimum absolute atomic E-state index is 0.0569. The number of nitrogens with one attached hydrogen (secondary N) is 1. The Balaban J connectivity index is 3.34. The van der Waals surface area contributed by atoms with Crippen LogP contribution in [0.2, 0.25) is 0 Å². The summed E-state index contributed by atoms with van der Waals surface area (Å²) in [5.41, 5.74) is 0. The van der Waals surface area contributed by atoms with Gasteiger partial charge in [-0.3, -0.25) is 4.79 Å². The molecule has 0 aromatic carbocycles. The summed E-state index contributed by atoms with van der Waals surface area (Å²) in [5.74, 6) is -0.354. The zero-order valence-corrected chi connectivity index (χ0v) is 5.58. The first kappa shape index (κ1) is 9.13. The maximum Gasteiger partial charge on any atom is 0.243 e. The van der Waals surface area contributed by atoms with Crippen LogP contribution in [-0.4, -0.2) is 35.4 Å². The number of rotatable bonds is 4. The molecule has 0 aromatic heterocycles. The maximum atomic E-state index is 10.4. The molecule has 0 aliphatic rings. The summed E-state index contributed by atoms with van der Waals surface area (Å²) >= 11 is 0. The highest BCUT2D eigenvalue weighted by molar-refractivity contribution is 5.86. The molecule has 0 rings (SSSR count). The molecule has 0 bridgehead atoms. The van der Waals surface area contributed by atoms with Gasteiger partial charge in [0.2, 0.25) is 5.91 Å². The Kier molecular flexibility index (Phi) is 4.53. The molecule has 4 nitrogen and oxygen atoms in total. The monoisotopic (exact) mass is 145 g/mol. The predicted octanol–water partition coefficient (Wildman–Crippen LogP) is -1.36. The van der Waals surface area contributed by atoms with Gasteiger partial charge in [0.1, 0.15) is 0 Å². The van der Waals surface area contributed by atoms with E-state index in [1.165, 1.54) is 0 Å². The third-order valence-corrected chi connectivity index (χ3v) is 0.908. The molecule has 0 radical (unpaired) electrons. The van der Waals surface area contributed by atoms with Gasteiger partial charge in [0.15, 0.2) is 0 Å². The van der Waals surface area contributed by atoms with Gasteiger partial charge in [0.25, 0.3) is 0 Å². The van der Waals surface area contributed by atoms with E-state index in [2.05, 4.69) is 11.9 Å². The van der Waals surface area contributed by atoms with Gasteiger partial charge in [-0.2, -0.15) is 0 Å². The lowest BCUT2D eigenvalue weighted by molar-refractivity contribution is -0.117. The van der Waals surface area contributed by atoms with Crippen molar-refractivity contribution < 1.29 is 15.0 Å². The van der Waals surface area contributed by atoms with Gasteiger partial charge in [0.05, 0.1) is 12.7 Å². The maximum absolute atomic E-state index is 10.4. The lowest BCUT2D eigenvalue weighted by Crippen LogP contribution is -2.32. The van der Waals surface area contributed by atoms with Crippen LogP contribution in [0.4, 0.5) is 0 Å². The summed E-state index contributed by atoms with van der Waals surface area (Å²) in [6.45, 7) is 2.92. The molecule has 1 amide bonds. The van der Waals surface area contributed by atoms with E-state index in [0.29, 0.717) is 0 Å². The van der Waals surface area contributed by atoms with Gasteiger partial charge < -0.3 is 15.5 Å². The highest BCUT2D eigenvalue weighted by Gasteiger charge is 2.01. The summed E-state index contributed by atoms with van der Waals surface area (Å²) in [4.78, 5) is 10.4. The fourth-order valence-corrected chi connectivity index (χ4v) is 0.355. The van der Waals surface area contributed by atoms with Gasteiger partial charge in [0, 0.05) is 6.54 Å². The number of aliphatic hydroxyl groups excluding tert-OH is 2. The van der Waals surface area contributed by atoms with E-state index in [-0.39, 0.29) is 19.1 Å². The van der Waals surface area contributed by atoms with Crippen LogP contribution in [0.3, 0.4) is 0 Å². The van der Waals surface area contributed by atoms with Gasteiger partial charge in [-0.1, -0.05) is 6.58 Å². The lowest BCUT2D eigenvalue weighted by Gasteiger charge is -2.05. The van der Waals surface area contributed by atoms with Crippen molar-refractivity contribution in [3.63, 3.8) is 0 Å².